The Morgan fingerprint density at radius 2 is 1.73 bits per heavy atom. The van der Waals surface area contributed by atoms with Crippen LogP contribution in [0.2, 0.25) is 0 Å². The molecule has 26 heavy (non-hydrogen) atoms. The van der Waals surface area contributed by atoms with E-state index in [0.29, 0.717) is 17.7 Å². The second-order valence-electron chi connectivity index (χ2n) is 5.93. The average Bonchev–Trinajstić information content (AvgIpc) is 2.59. The van der Waals surface area contributed by atoms with Crippen molar-refractivity contribution < 1.29 is 22.8 Å². The monoisotopic (exact) mass is 364 g/mol. The Bertz CT molecular complexity index is 786. The maximum atomic E-state index is 12.8. The van der Waals surface area contributed by atoms with Gasteiger partial charge in [-0.15, -0.1) is 0 Å². The Morgan fingerprint density at radius 1 is 1.08 bits per heavy atom. The molecule has 0 spiro atoms. The van der Waals surface area contributed by atoms with Gasteiger partial charge in [0.1, 0.15) is 0 Å². The zero-order valence-corrected chi connectivity index (χ0v) is 14.4. The van der Waals surface area contributed by atoms with Crippen LogP contribution in [0.1, 0.15) is 46.9 Å². The topological polar surface area (TPSA) is 58.2 Å². The molecule has 0 fully saturated rings. The van der Waals surface area contributed by atoms with E-state index in [4.69, 9.17) is 0 Å². The van der Waals surface area contributed by atoms with Crippen LogP contribution in [0.25, 0.3) is 0 Å². The third-order valence-corrected chi connectivity index (χ3v) is 3.82. The van der Waals surface area contributed by atoms with Crippen LogP contribution in [0.15, 0.2) is 48.5 Å². The molecule has 0 aromatic heterocycles. The lowest BCUT2D eigenvalue weighted by Crippen LogP contribution is -2.27. The summed E-state index contributed by atoms with van der Waals surface area (Å²) < 4.78 is 38.4. The summed E-state index contributed by atoms with van der Waals surface area (Å²) in [5, 5.41) is 5.34. The fourth-order valence-electron chi connectivity index (χ4n) is 2.35. The van der Waals surface area contributed by atoms with E-state index in [0.717, 1.165) is 17.7 Å². The van der Waals surface area contributed by atoms with Crippen LogP contribution in [0.3, 0.4) is 0 Å². The smallest absolute Gasteiger partial charge is 0.352 e. The number of hydrogen-bond acceptors (Lipinski definition) is 2. The fourth-order valence-corrected chi connectivity index (χ4v) is 2.35. The van der Waals surface area contributed by atoms with Crippen LogP contribution in [-0.4, -0.2) is 11.8 Å². The number of alkyl halides is 3. The highest BCUT2D eigenvalue weighted by Gasteiger charge is 2.30. The summed E-state index contributed by atoms with van der Waals surface area (Å²) >= 11 is 0. The average molecular weight is 364 g/mol. The number of carbonyl (C=O) groups is 2. The Morgan fingerprint density at radius 3 is 2.31 bits per heavy atom. The van der Waals surface area contributed by atoms with Crippen molar-refractivity contribution in [2.45, 2.75) is 32.6 Å². The molecule has 0 saturated heterocycles. The molecule has 2 rings (SSSR count). The molecule has 0 aliphatic rings. The lowest BCUT2D eigenvalue weighted by molar-refractivity contribution is -0.137. The largest absolute Gasteiger partial charge is 0.416 e. The summed E-state index contributed by atoms with van der Waals surface area (Å²) in [5.74, 6) is -0.539. The summed E-state index contributed by atoms with van der Waals surface area (Å²) in [7, 11) is 0. The molecule has 0 saturated carbocycles. The molecule has 2 amide bonds. The maximum Gasteiger partial charge on any atom is 0.416 e. The van der Waals surface area contributed by atoms with E-state index in [1.165, 1.54) is 19.1 Å². The van der Waals surface area contributed by atoms with Gasteiger partial charge in [-0.25, -0.2) is 0 Å². The van der Waals surface area contributed by atoms with Gasteiger partial charge in [-0.1, -0.05) is 24.3 Å². The lowest BCUT2D eigenvalue weighted by Gasteiger charge is -2.16. The summed E-state index contributed by atoms with van der Waals surface area (Å²) in [4.78, 5) is 23.2. The standard InChI is InChI=1S/C19H19F3N2O2/c1-12(16-4-3-5-17(10-16)19(20,21)22)24-18(26)15-8-6-14(7-9-15)11-23-13(2)25/h3-10,12H,11H2,1-2H3,(H,23,25)(H,24,26)/t12-/m1/s1. The quantitative estimate of drug-likeness (QED) is 0.847. The van der Waals surface area contributed by atoms with E-state index >= 15 is 0 Å². The molecule has 4 nitrogen and oxygen atoms in total. The lowest BCUT2D eigenvalue weighted by atomic mass is 10.0. The molecule has 138 valence electrons. The third kappa shape index (κ3) is 5.34. The second-order valence-corrected chi connectivity index (χ2v) is 5.93. The van der Waals surface area contributed by atoms with Gasteiger partial charge in [-0.2, -0.15) is 13.2 Å². The van der Waals surface area contributed by atoms with E-state index in [2.05, 4.69) is 10.6 Å². The Hall–Kier alpha value is -2.83. The van der Waals surface area contributed by atoms with E-state index < -0.39 is 17.8 Å². The van der Waals surface area contributed by atoms with Gasteiger partial charge in [0.15, 0.2) is 0 Å². The van der Waals surface area contributed by atoms with Gasteiger partial charge < -0.3 is 10.6 Å². The van der Waals surface area contributed by atoms with Crippen molar-refractivity contribution in [2.24, 2.45) is 0 Å². The summed E-state index contributed by atoms with van der Waals surface area (Å²) in [6.07, 6.45) is -4.43. The van der Waals surface area contributed by atoms with Crippen molar-refractivity contribution in [3.05, 3.63) is 70.8 Å². The molecule has 0 aliphatic carbocycles. The summed E-state index contributed by atoms with van der Waals surface area (Å²) in [6, 6.07) is 10.9. The fraction of sp³-hybridized carbons (Fsp3) is 0.263. The Kier molecular flexibility index (Phi) is 6.02. The van der Waals surface area contributed by atoms with Crippen LogP contribution in [-0.2, 0) is 17.5 Å². The zero-order chi connectivity index (χ0) is 19.3. The van der Waals surface area contributed by atoms with Gasteiger partial charge in [0.05, 0.1) is 11.6 Å². The van der Waals surface area contributed by atoms with E-state index in [1.54, 1.807) is 31.2 Å². The highest BCUT2D eigenvalue weighted by atomic mass is 19.4. The molecule has 0 aliphatic heterocycles. The molecule has 0 heterocycles. The van der Waals surface area contributed by atoms with Crippen molar-refractivity contribution in [1.82, 2.24) is 10.6 Å². The van der Waals surface area contributed by atoms with Crippen molar-refractivity contribution >= 4 is 11.8 Å². The number of benzene rings is 2. The van der Waals surface area contributed by atoms with Gasteiger partial charge in [0.25, 0.3) is 5.91 Å². The van der Waals surface area contributed by atoms with Crippen LogP contribution < -0.4 is 10.6 Å². The number of nitrogens with one attached hydrogen (secondary N) is 2. The molecule has 0 bridgehead atoms. The molecule has 2 aromatic rings. The SMILES string of the molecule is CC(=O)NCc1ccc(C(=O)N[C@H](C)c2cccc(C(F)(F)F)c2)cc1. The van der Waals surface area contributed by atoms with Crippen LogP contribution in [0.4, 0.5) is 13.2 Å². The molecule has 2 aromatic carbocycles. The van der Waals surface area contributed by atoms with Gasteiger partial charge in [0.2, 0.25) is 5.91 Å². The van der Waals surface area contributed by atoms with E-state index in [9.17, 15) is 22.8 Å². The molecular weight excluding hydrogens is 345 g/mol. The van der Waals surface area contributed by atoms with Crippen LogP contribution in [0.5, 0.6) is 0 Å². The minimum atomic E-state index is -4.43. The van der Waals surface area contributed by atoms with Crippen molar-refractivity contribution in [1.29, 1.82) is 0 Å². The van der Waals surface area contributed by atoms with Gasteiger partial charge in [0, 0.05) is 19.0 Å². The predicted molar refractivity (Wildman–Crippen MR) is 91.3 cm³/mol. The summed E-state index contributed by atoms with van der Waals surface area (Å²) in [6.45, 7) is 3.40. The summed E-state index contributed by atoms with van der Waals surface area (Å²) in [5.41, 5.74) is 0.840. The molecule has 0 radical (unpaired) electrons. The van der Waals surface area contributed by atoms with Gasteiger partial charge in [-0.05, 0) is 42.3 Å². The predicted octanol–water partition coefficient (Wildman–Crippen LogP) is 3.83. The molecule has 7 heteroatoms. The first-order valence-corrected chi connectivity index (χ1v) is 7.98. The van der Waals surface area contributed by atoms with E-state index in [-0.39, 0.29) is 11.8 Å². The number of rotatable bonds is 5. The maximum absolute atomic E-state index is 12.8. The Balaban J connectivity index is 2.04. The number of amides is 2. The molecule has 0 unspecified atom stereocenters. The minimum absolute atomic E-state index is 0.151. The number of halogens is 3. The first kappa shape index (κ1) is 19.5. The van der Waals surface area contributed by atoms with Gasteiger partial charge >= 0.3 is 6.18 Å². The van der Waals surface area contributed by atoms with Crippen LogP contribution in [0, 0.1) is 0 Å². The zero-order valence-electron chi connectivity index (χ0n) is 14.4. The van der Waals surface area contributed by atoms with E-state index in [1.807, 2.05) is 0 Å². The molecule has 2 N–H and O–H groups in total. The first-order chi connectivity index (χ1) is 12.2. The highest BCUT2D eigenvalue weighted by molar-refractivity contribution is 5.94. The molecular formula is C19H19F3N2O2. The third-order valence-electron chi connectivity index (χ3n) is 3.82. The van der Waals surface area contributed by atoms with Crippen molar-refractivity contribution in [3.63, 3.8) is 0 Å². The first-order valence-electron chi connectivity index (χ1n) is 7.98. The number of hydrogen-bond donors (Lipinski definition) is 2. The van der Waals surface area contributed by atoms with Crippen LogP contribution >= 0.6 is 0 Å². The second kappa shape index (κ2) is 8.03. The minimum Gasteiger partial charge on any atom is -0.352 e. The Labute approximate surface area is 149 Å². The van der Waals surface area contributed by atoms with Crippen molar-refractivity contribution in [3.8, 4) is 0 Å². The van der Waals surface area contributed by atoms with Gasteiger partial charge in [-0.3, -0.25) is 9.59 Å². The molecule has 1 atom stereocenters. The normalized spacial score (nSPS) is 12.3. The van der Waals surface area contributed by atoms with Crippen molar-refractivity contribution in [2.75, 3.05) is 0 Å². The highest BCUT2D eigenvalue weighted by Crippen LogP contribution is 2.30. The number of carbonyl (C=O) groups excluding carboxylic acids is 2.